The fourth-order valence-electron chi connectivity index (χ4n) is 2.27. The van der Waals surface area contributed by atoms with Crippen molar-refractivity contribution in [2.45, 2.75) is 19.8 Å². The van der Waals surface area contributed by atoms with Gasteiger partial charge in [-0.2, -0.15) is 0 Å². The lowest BCUT2D eigenvalue weighted by molar-refractivity contribution is 0.0960. The van der Waals surface area contributed by atoms with Crippen molar-refractivity contribution in [1.82, 2.24) is 10.3 Å². The number of rotatable bonds is 2. The summed E-state index contributed by atoms with van der Waals surface area (Å²) in [5.41, 5.74) is 2.54. The van der Waals surface area contributed by atoms with E-state index in [-0.39, 0.29) is 11.9 Å². The zero-order chi connectivity index (χ0) is 15.5. The van der Waals surface area contributed by atoms with Crippen molar-refractivity contribution in [3.63, 3.8) is 0 Å². The smallest absolute Gasteiger partial charge is 0.325 e. The summed E-state index contributed by atoms with van der Waals surface area (Å²) in [5, 5.41) is 8.69. The molecule has 0 aliphatic carbocycles. The number of hydrogen-bond donors (Lipinski definition) is 3. The molecule has 0 saturated carbocycles. The third-order valence-corrected chi connectivity index (χ3v) is 4.29. The molecule has 2 aromatic rings. The van der Waals surface area contributed by atoms with E-state index in [1.54, 1.807) is 0 Å². The Labute approximate surface area is 132 Å². The Bertz CT molecular complexity index is 726. The Morgan fingerprint density at radius 2 is 2.23 bits per heavy atom. The van der Waals surface area contributed by atoms with Crippen LogP contribution in [-0.4, -0.2) is 23.5 Å². The number of carbonyl (C=O) groups is 2. The van der Waals surface area contributed by atoms with Crippen LogP contribution in [0.3, 0.4) is 0 Å². The molecule has 2 heterocycles. The van der Waals surface area contributed by atoms with Crippen LogP contribution in [-0.2, 0) is 6.42 Å². The molecule has 0 bridgehead atoms. The molecule has 0 radical (unpaired) electrons. The third-order valence-electron chi connectivity index (χ3n) is 3.28. The summed E-state index contributed by atoms with van der Waals surface area (Å²) < 4.78 is 0. The van der Waals surface area contributed by atoms with Crippen molar-refractivity contribution in [2.75, 3.05) is 17.2 Å². The van der Waals surface area contributed by atoms with Gasteiger partial charge in [0.25, 0.3) is 5.91 Å². The van der Waals surface area contributed by atoms with Gasteiger partial charge in [-0.3, -0.25) is 10.1 Å². The molecular formula is C15H16N4O2S. The minimum Gasteiger partial charge on any atom is -0.351 e. The topological polar surface area (TPSA) is 83.1 Å². The van der Waals surface area contributed by atoms with Gasteiger partial charge in [0.15, 0.2) is 5.13 Å². The molecule has 0 atom stereocenters. The summed E-state index contributed by atoms with van der Waals surface area (Å²) in [4.78, 5) is 28.8. The van der Waals surface area contributed by atoms with Crippen LogP contribution in [0.1, 0.15) is 27.3 Å². The summed E-state index contributed by atoms with van der Waals surface area (Å²) >= 11 is 1.20. The van der Waals surface area contributed by atoms with Crippen molar-refractivity contribution >= 4 is 34.1 Å². The van der Waals surface area contributed by atoms with Crippen LogP contribution in [0.5, 0.6) is 0 Å². The molecular weight excluding hydrogens is 300 g/mol. The first-order chi connectivity index (χ1) is 10.6. The molecule has 0 spiro atoms. The monoisotopic (exact) mass is 316 g/mol. The first kappa shape index (κ1) is 14.5. The number of anilines is 2. The number of fused-ring (bicyclic) bond motifs is 1. The average molecular weight is 316 g/mol. The number of carbonyl (C=O) groups excluding carboxylic acids is 2. The maximum atomic E-state index is 12.0. The van der Waals surface area contributed by atoms with Crippen LogP contribution in [0.15, 0.2) is 24.3 Å². The maximum absolute atomic E-state index is 12.0. The molecule has 0 saturated heterocycles. The zero-order valence-electron chi connectivity index (χ0n) is 12.1. The van der Waals surface area contributed by atoms with E-state index >= 15 is 0 Å². The fourth-order valence-corrected chi connectivity index (χ4v) is 3.20. The van der Waals surface area contributed by atoms with Crippen molar-refractivity contribution < 1.29 is 9.59 Å². The first-order valence-electron chi connectivity index (χ1n) is 7.04. The lowest BCUT2D eigenvalue weighted by Crippen LogP contribution is -2.21. The van der Waals surface area contributed by atoms with Gasteiger partial charge in [0, 0.05) is 12.2 Å². The second-order valence-corrected chi connectivity index (χ2v) is 6.10. The van der Waals surface area contributed by atoms with Gasteiger partial charge in [0.2, 0.25) is 0 Å². The predicted octanol–water partition coefficient (Wildman–Crippen LogP) is 2.77. The molecule has 3 N–H and O–H groups in total. The summed E-state index contributed by atoms with van der Waals surface area (Å²) in [5.74, 6) is -0.114. The highest BCUT2D eigenvalue weighted by atomic mass is 32.1. The molecule has 22 heavy (non-hydrogen) atoms. The highest BCUT2D eigenvalue weighted by Crippen LogP contribution is 2.25. The average Bonchev–Trinajstić information content (AvgIpc) is 2.78. The molecule has 1 aliphatic rings. The molecule has 3 amide bonds. The summed E-state index contributed by atoms with van der Waals surface area (Å²) in [6.45, 7) is 2.62. The van der Waals surface area contributed by atoms with E-state index in [1.165, 1.54) is 11.3 Å². The first-order valence-corrected chi connectivity index (χ1v) is 7.86. The quantitative estimate of drug-likeness (QED) is 0.796. The van der Waals surface area contributed by atoms with Gasteiger partial charge in [0.1, 0.15) is 4.88 Å². The SMILES string of the molecule is Cc1cccc(NC(=O)Nc2nc3c(s2)C(=O)NCCC3)c1. The number of nitrogens with zero attached hydrogens (tertiary/aromatic N) is 1. The van der Waals surface area contributed by atoms with Gasteiger partial charge in [0.05, 0.1) is 5.69 Å². The summed E-state index contributed by atoms with van der Waals surface area (Å²) in [6.07, 6.45) is 1.60. The number of aryl methyl sites for hydroxylation is 2. The van der Waals surface area contributed by atoms with Crippen LogP contribution in [0.25, 0.3) is 0 Å². The number of amides is 3. The second-order valence-electron chi connectivity index (χ2n) is 5.10. The van der Waals surface area contributed by atoms with E-state index in [4.69, 9.17) is 0 Å². The Morgan fingerprint density at radius 1 is 1.36 bits per heavy atom. The van der Waals surface area contributed by atoms with E-state index in [2.05, 4.69) is 20.9 Å². The number of thiazole rings is 1. The van der Waals surface area contributed by atoms with Crippen LogP contribution in [0.2, 0.25) is 0 Å². The van der Waals surface area contributed by atoms with Crippen molar-refractivity contribution in [2.24, 2.45) is 0 Å². The van der Waals surface area contributed by atoms with Gasteiger partial charge >= 0.3 is 6.03 Å². The van der Waals surface area contributed by atoms with E-state index < -0.39 is 0 Å². The largest absolute Gasteiger partial charge is 0.351 e. The van der Waals surface area contributed by atoms with E-state index in [0.717, 1.165) is 24.1 Å². The molecule has 0 fully saturated rings. The van der Waals surface area contributed by atoms with E-state index in [0.29, 0.717) is 22.2 Å². The summed E-state index contributed by atoms with van der Waals surface area (Å²) in [6, 6.07) is 7.16. The van der Waals surface area contributed by atoms with Crippen molar-refractivity contribution in [3.8, 4) is 0 Å². The molecule has 0 unspecified atom stereocenters. The van der Waals surface area contributed by atoms with Crippen LogP contribution < -0.4 is 16.0 Å². The number of benzene rings is 1. The molecule has 1 aromatic carbocycles. The Kier molecular flexibility index (Phi) is 4.06. The normalized spacial score (nSPS) is 13.8. The standard InChI is InChI=1S/C15H16N4O2S/c1-9-4-2-5-10(8-9)17-14(21)19-15-18-11-6-3-7-16-13(20)12(11)22-15/h2,4-5,8H,3,6-7H2,1H3,(H,16,20)(H2,17,18,19,21). The minimum absolute atomic E-state index is 0.114. The molecule has 1 aromatic heterocycles. The van der Waals surface area contributed by atoms with Gasteiger partial charge in [-0.1, -0.05) is 23.5 Å². The Morgan fingerprint density at radius 3 is 3.05 bits per heavy atom. The lowest BCUT2D eigenvalue weighted by atomic mass is 10.2. The number of nitrogens with one attached hydrogen (secondary N) is 3. The van der Waals surface area contributed by atoms with Gasteiger partial charge in [-0.15, -0.1) is 0 Å². The highest BCUT2D eigenvalue weighted by molar-refractivity contribution is 7.17. The molecule has 1 aliphatic heterocycles. The van der Waals surface area contributed by atoms with Crippen LogP contribution in [0.4, 0.5) is 15.6 Å². The molecule has 6 nitrogen and oxygen atoms in total. The third kappa shape index (κ3) is 3.25. The minimum atomic E-state index is -0.366. The zero-order valence-corrected chi connectivity index (χ0v) is 12.9. The highest BCUT2D eigenvalue weighted by Gasteiger charge is 2.21. The second kappa shape index (κ2) is 6.15. The van der Waals surface area contributed by atoms with E-state index in [1.807, 2.05) is 31.2 Å². The molecule has 114 valence electrons. The van der Waals surface area contributed by atoms with E-state index in [9.17, 15) is 9.59 Å². The van der Waals surface area contributed by atoms with Crippen molar-refractivity contribution in [3.05, 3.63) is 40.4 Å². The molecule has 3 rings (SSSR count). The number of hydrogen-bond acceptors (Lipinski definition) is 4. The number of aromatic nitrogens is 1. The number of urea groups is 1. The van der Waals surface area contributed by atoms with Crippen molar-refractivity contribution in [1.29, 1.82) is 0 Å². The molecule has 7 heteroatoms. The van der Waals surface area contributed by atoms with Gasteiger partial charge in [-0.05, 0) is 37.5 Å². The van der Waals surface area contributed by atoms with Gasteiger partial charge in [-0.25, -0.2) is 9.78 Å². The summed E-state index contributed by atoms with van der Waals surface area (Å²) in [7, 11) is 0. The van der Waals surface area contributed by atoms with Crippen LogP contribution in [0, 0.1) is 6.92 Å². The fraction of sp³-hybridized carbons (Fsp3) is 0.267. The Hall–Kier alpha value is -2.41. The maximum Gasteiger partial charge on any atom is 0.325 e. The Balaban J connectivity index is 1.69. The predicted molar refractivity (Wildman–Crippen MR) is 86.6 cm³/mol. The lowest BCUT2D eigenvalue weighted by Gasteiger charge is -2.06. The van der Waals surface area contributed by atoms with Gasteiger partial charge < -0.3 is 10.6 Å². The van der Waals surface area contributed by atoms with Crippen LogP contribution >= 0.6 is 11.3 Å².